The summed E-state index contributed by atoms with van der Waals surface area (Å²) in [7, 11) is 0. The van der Waals surface area contributed by atoms with Crippen molar-refractivity contribution in [3.63, 3.8) is 0 Å². The summed E-state index contributed by atoms with van der Waals surface area (Å²) >= 11 is 0. The molecule has 0 heterocycles. The van der Waals surface area contributed by atoms with Gasteiger partial charge in [0.1, 0.15) is 5.82 Å². The number of hydrogen-bond acceptors (Lipinski definition) is 1. The molecule has 1 saturated carbocycles. The number of nitrogens with two attached hydrogens (primary N) is 1. The summed E-state index contributed by atoms with van der Waals surface area (Å²) in [5, 5.41) is 0. The van der Waals surface area contributed by atoms with Gasteiger partial charge in [-0.05, 0) is 18.4 Å². The van der Waals surface area contributed by atoms with Crippen LogP contribution in [0.15, 0.2) is 12.1 Å². The molecule has 0 saturated heterocycles. The minimum atomic E-state index is -1.17. The van der Waals surface area contributed by atoms with Crippen LogP contribution >= 0.6 is 0 Å². The van der Waals surface area contributed by atoms with E-state index in [1.165, 1.54) is 0 Å². The largest absolute Gasteiger partial charge is 0.324 e. The molecule has 1 aromatic rings. The van der Waals surface area contributed by atoms with Gasteiger partial charge in [0, 0.05) is 17.7 Å². The SMILES string of the molecule is N[C@H](CC1CC1)c1cc(F)cc(F)c1F. The summed E-state index contributed by atoms with van der Waals surface area (Å²) in [6.07, 6.45) is 2.75. The lowest BCUT2D eigenvalue weighted by Gasteiger charge is -2.12. The monoisotopic (exact) mass is 215 g/mol. The van der Waals surface area contributed by atoms with Crippen molar-refractivity contribution < 1.29 is 13.2 Å². The van der Waals surface area contributed by atoms with Crippen molar-refractivity contribution in [2.24, 2.45) is 11.7 Å². The first-order valence-corrected chi connectivity index (χ1v) is 4.98. The van der Waals surface area contributed by atoms with Gasteiger partial charge in [0.2, 0.25) is 0 Å². The van der Waals surface area contributed by atoms with E-state index in [2.05, 4.69) is 0 Å². The predicted octanol–water partition coefficient (Wildman–Crippen LogP) is 2.90. The van der Waals surface area contributed by atoms with Crippen molar-refractivity contribution in [2.45, 2.75) is 25.3 Å². The lowest BCUT2D eigenvalue weighted by atomic mass is 10.0. The molecular weight excluding hydrogens is 203 g/mol. The molecule has 1 nitrogen and oxygen atoms in total. The molecule has 0 unspecified atom stereocenters. The normalized spacial score (nSPS) is 17.9. The van der Waals surface area contributed by atoms with Gasteiger partial charge < -0.3 is 5.73 Å². The van der Waals surface area contributed by atoms with E-state index in [1.54, 1.807) is 0 Å². The van der Waals surface area contributed by atoms with Crippen molar-refractivity contribution in [1.82, 2.24) is 0 Å². The summed E-state index contributed by atoms with van der Waals surface area (Å²) in [6, 6.07) is 0.899. The molecule has 0 bridgehead atoms. The van der Waals surface area contributed by atoms with Gasteiger partial charge in [-0.3, -0.25) is 0 Å². The Kier molecular flexibility index (Phi) is 2.69. The molecular formula is C11H12F3N. The highest BCUT2D eigenvalue weighted by Gasteiger charge is 2.26. The first-order valence-electron chi connectivity index (χ1n) is 4.98. The van der Waals surface area contributed by atoms with E-state index in [0.717, 1.165) is 18.9 Å². The zero-order valence-electron chi connectivity index (χ0n) is 8.14. The molecule has 0 aromatic heterocycles. The topological polar surface area (TPSA) is 26.0 Å². The van der Waals surface area contributed by atoms with Crippen molar-refractivity contribution >= 4 is 0 Å². The lowest BCUT2D eigenvalue weighted by molar-refractivity contribution is 0.465. The van der Waals surface area contributed by atoms with Crippen LogP contribution in [0.5, 0.6) is 0 Å². The lowest BCUT2D eigenvalue weighted by Crippen LogP contribution is -2.14. The van der Waals surface area contributed by atoms with Gasteiger partial charge >= 0.3 is 0 Å². The number of benzene rings is 1. The molecule has 1 atom stereocenters. The fourth-order valence-electron chi connectivity index (χ4n) is 1.69. The standard InChI is InChI=1S/C11H12F3N/c12-7-4-8(11(14)9(13)5-7)10(15)3-6-1-2-6/h4-6,10H,1-3,15H2/t10-/m1/s1. The van der Waals surface area contributed by atoms with E-state index in [0.29, 0.717) is 18.4 Å². The summed E-state index contributed by atoms with van der Waals surface area (Å²) in [4.78, 5) is 0. The number of hydrogen-bond donors (Lipinski definition) is 1. The Labute approximate surface area is 86.1 Å². The van der Waals surface area contributed by atoms with Gasteiger partial charge in [-0.2, -0.15) is 0 Å². The fraction of sp³-hybridized carbons (Fsp3) is 0.455. The zero-order chi connectivity index (χ0) is 11.0. The molecule has 1 aromatic carbocycles. The first-order chi connectivity index (χ1) is 7.08. The third-order valence-electron chi connectivity index (χ3n) is 2.70. The average Bonchev–Trinajstić information content (AvgIpc) is 2.94. The predicted molar refractivity (Wildman–Crippen MR) is 50.6 cm³/mol. The molecule has 4 heteroatoms. The van der Waals surface area contributed by atoms with Gasteiger partial charge in [0.15, 0.2) is 11.6 Å². The van der Waals surface area contributed by atoms with Crippen LogP contribution in [0.4, 0.5) is 13.2 Å². The smallest absolute Gasteiger partial charge is 0.163 e. The van der Waals surface area contributed by atoms with Crippen molar-refractivity contribution in [2.75, 3.05) is 0 Å². The van der Waals surface area contributed by atoms with Gasteiger partial charge in [0.25, 0.3) is 0 Å². The molecule has 0 amide bonds. The van der Waals surface area contributed by atoms with Gasteiger partial charge in [-0.1, -0.05) is 12.8 Å². The third kappa shape index (κ3) is 2.31. The average molecular weight is 215 g/mol. The van der Waals surface area contributed by atoms with Gasteiger partial charge in [-0.25, -0.2) is 13.2 Å². The second kappa shape index (κ2) is 3.85. The summed E-state index contributed by atoms with van der Waals surface area (Å²) in [6.45, 7) is 0. The van der Waals surface area contributed by atoms with Crippen molar-refractivity contribution in [3.8, 4) is 0 Å². The van der Waals surface area contributed by atoms with Crippen molar-refractivity contribution in [3.05, 3.63) is 35.1 Å². The minimum Gasteiger partial charge on any atom is -0.324 e. The van der Waals surface area contributed by atoms with Crippen LogP contribution in [0.2, 0.25) is 0 Å². The van der Waals surface area contributed by atoms with E-state index < -0.39 is 23.5 Å². The highest BCUT2D eigenvalue weighted by molar-refractivity contribution is 5.23. The summed E-state index contributed by atoms with van der Waals surface area (Å²) in [5.74, 6) is -2.48. The number of halogens is 3. The van der Waals surface area contributed by atoms with Crippen LogP contribution in [0, 0.1) is 23.4 Å². The first kappa shape index (κ1) is 10.5. The molecule has 0 aliphatic heterocycles. The Balaban J connectivity index is 2.24. The molecule has 1 fully saturated rings. The van der Waals surface area contributed by atoms with E-state index in [9.17, 15) is 13.2 Å². The Bertz CT molecular complexity index is 374. The maximum atomic E-state index is 13.3. The van der Waals surface area contributed by atoms with Crippen molar-refractivity contribution in [1.29, 1.82) is 0 Å². The third-order valence-corrected chi connectivity index (χ3v) is 2.70. The second-order valence-electron chi connectivity index (χ2n) is 4.08. The quantitative estimate of drug-likeness (QED) is 0.771. The van der Waals surface area contributed by atoms with Crippen LogP contribution in [0.3, 0.4) is 0 Å². The number of rotatable bonds is 3. The second-order valence-corrected chi connectivity index (χ2v) is 4.08. The van der Waals surface area contributed by atoms with E-state index in [4.69, 9.17) is 5.73 Å². The fourth-order valence-corrected chi connectivity index (χ4v) is 1.69. The Morgan fingerprint density at radius 1 is 1.27 bits per heavy atom. The van der Waals surface area contributed by atoms with Crippen LogP contribution in [0.25, 0.3) is 0 Å². The van der Waals surface area contributed by atoms with E-state index in [1.807, 2.05) is 0 Å². The van der Waals surface area contributed by atoms with Gasteiger partial charge in [-0.15, -0.1) is 0 Å². The molecule has 1 aliphatic carbocycles. The molecule has 0 radical (unpaired) electrons. The van der Waals surface area contributed by atoms with E-state index >= 15 is 0 Å². The van der Waals surface area contributed by atoms with Gasteiger partial charge in [0.05, 0.1) is 0 Å². The highest BCUT2D eigenvalue weighted by atomic mass is 19.2. The molecule has 15 heavy (non-hydrogen) atoms. The zero-order valence-corrected chi connectivity index (χ0v) is 8.14. The molecule has 82 valence electrons. The van der Waals surface area contributed by atoms with E-state index in [-0.39, 0.29) is 5.56 Å². The molecule has 1 aliphatic rings. The van der Waals surface area contributed by atoms with Crippen LogP contribution in [-0.4, -0.2) is 0 Å². The minimum absolute atomic E-state index is 0.0561. The van der Waals surface area contributed by atoms with Crippen LogP contribution in [-0.2, 0) is 0 Å². The van der Waals surface area contributed by atoms with Crippen LogP contribution in [0.1, 0.15) is 30.9 Å². The highest BCUT2D eigenvalue weighted by Crippen LogP contribution is 2.37. The summed E-state index contributed by atoms with van der Waals surface area (Å²) in [5.41, 5.74) is 5.65. The molecule has 2 N–H and O–H groups in total. The molecule has 2 rings (SSSR count). The maximum Gasteiger partial charge on any atom is 0.163 e. The Hall–Kier alpha value is -1.03. The Morgan fingerprint density at radius 3 is 2.53 bits per heavy atom. The maximum absolute atomic E-state index is 13.3. The van der Waals surface area contributed by atoms with Crippen LogP contribution < -0.4 is 5.73 Å². The molecule has 0 spiro atoms. The Morgan fingerprint density at radius 2 is 1.93 bits per heavy atom. The summed E-state index contributed by atoms with van der Waals surface area (Å²) < 4.78 is 39.0.